The summed E-state index contributed by atoms with van der Waals surface area (Å²) in [4.78, 5) is 12.2. The molecule has 114 valence electrons. The molecule has 3 heteroatoms. The van der Waals surface area contributed by atoms with Crippen molar-refractivity contribution in [3.8, 4) is 0 Å². The topological polar surface area (TPSA) is 29.1 Å². The van der Waals surface area contributed by atoms with E-state index in [9.17, 15) is 4.79 Å². The molecule has 0 bridgehead atoms. The van der Waals surface area contributed by atoms with Crippen LogP contribution in [0, 0.1) is 0 Å². The van der Waals surface area contributed by atoms with Gasteiger partial charge in [0.05, 0.1) is 0 Å². The minimum absolute atomic E-state index is 0.101. The molecule has 0 spiro atoms. The fourth-order valence-corrected chi connectivity index (χ4v) is 2.77. The van der Waals surface area contributed by atoms with Crippen LogP contribution in [0.15, 0.2) is 53.0 Å². The smallest absolute Gasteiger partial charge is 0.248 e. The van der Waals surface area contributed by atoms with E-state index >= 15 is 0 Å². The fraction of sp³-hybridized carbons (Fsp3) is 0.211. The third-order valence-electron chi connectivity index (χ3n) is 3.52. The zero-order valence-corrected chi connectivity index (χ0v) is 14.5. The predicted molar refractivity (Wildman–Crippen MR) is 97.0 cm³/mol. The molecule has 0 saturated carbocycles. The highest BCUT2D eigenvalue weighted by Gasteiger charge is 2.08. The highest BCUT2D eigenvalue weighted by molar-refractivity contribution is 9.10. The third kappa shape index (κ3) is 4.31. The maximum absolute atomic E-state index is 12.2. The first-order valence-electron chi connectivity index (χ1n) is 7.49. The van der Waals surface area contributed by atoms with E-state index in [1.54, 1.807) is 6.08 Å². The summed E-state index contributed by atoms with van der Waals surface area (Å²) in [5, 5.41) is 3.03. The van der Waals surface area contributed by atoms with Crippen LogP contribution in [0.2, 0.25) is 0 Å². The number of aryl methyl sites for hydroxylation is 2. The Morgan fingerprint density at radius 1 is 1.09 bits per heavy atom. The molecule has 2 nitrogen and oxygen atoms in total. The van der Waals surface area contributed by atoms with Crippen LogP contribution in [0.4, 0.5) is 5.69 Å². The third-order valence-corrected chi connectivity index (χ3v) is 4.02. The molecule has 0 aliphatic carbocycles. The Hall–Kier alpha value is -1.87. The molecule has 0 radical (unpaired) electrons. The van der Waals surface area contributed by atoms with Gasteiger partial charge < -0.3 is 5.32 Å². The lowest BCUT2D eigenvalue weighted by Crippen LogP contribution is -2.11. The van der Waals surface area contributed by atoms with Gasteiger partial charge in [0, 0.05) is 16.2 Å². The zero-order chi connectivity index (χ0) is 15.9. The van der Waals surface area contributed by atoms with Crippen molar-refractivity contribution < 1.29 is 4.79 Å². The normalized spacial score (nSPS) is 10.9. The van der Waals surface area contributed by atoms with E-state index in [0.717, 1.165) is 28.6 Å². The zero-order valence-electron chi connectivity index (χ0n) is 12.9. The van der Waals surface area contributed by atoms with Crippen molar-refractivity contribution in [2.75, 3.05) is 5.32 Å². The number of benzene rings is 2. The number of para-hydroxylation sites is 1. The Morgan fingerprint density at radius 2 is 1.73 bits per heavy atom. The standard InChI is InChI=1S/C19H20BrNO/c1-3-15-8-6-9-16(4-2)19(15)21-18(22)12-11-14-7-5-10-17(20)13-14/h5-13H,3-4H2,1-2H3,(H,21,22)/b12-11+. The monoisotopic (exact) mass is 357 g/mol. The van der Waals surface area contributed by atoms with E-state index in [1.165, 1.54) is 11.1 Å². The number of rotatable bonds is 5. The Kier molecular flexibility index (Phi) is 5.96. The van der Waals surface area contributed by atoms with Gasteiger partial charge in [0.15, 0.2) is 0 Å². The molecule has 2 rings (SSSR count). The molecule has 0 atom stereocenters. The minimum atomic E-state index is -0.101. The summed E-state index contributed by atoms with van der Waals surface area (Å²) in [6.45, 7) is 4.20. The molecule has 1 amide bonds. The number of halogens is 1. The van der Waals surface area contributed by atoms with Crippen LogP contribution >= 0.6 is 15.9 Å². The Balaban J connectivity index is 2.15. The molecule has 2 aromatic carbocycles. The quantitative estimate of drug-likeness (QED) is 0.729. The number of anilines is 1. The van der Waals surface area contributed by atoms with Gasteiger partial charge in [-0.25, -0.2) is 0 Å². The average molecular weight is 358 g/mol. The van der Waals surface area contributed by atoms with Gasteiger partial charge in [-0.2, -0.15) is 0 Å². The van der Waals surface area contributed by atoms with E-state index < -0.39 is 0 Å². The Bertz CT molecular complexity index is 669. The summed E-state index contributed by atoms with van der Waals surface area (Å²) in [5.41, 5.74) is 4.28. The number of nitrogens with one attached hydrogen (secondary N) is 1. The second-order valence-electron chi connectivity index (χ2n) is 5.04. The van der Waals surface area contributed by atoms with Gasteiger partial charge in [-0.1, -0.05) is 60.1 Å². The minimum Gasteiger partial charge on any atom is -0.322 e. The maximum atomic E-state index is 12.2. The van der Waals surface area contributed by atoms with Crippen LogP contribution in [0.3, 0.4) is 0 Å². The van der Waals surface area contributed by atoms with E-state index in [1.807, 2.05) is 36.4 Å². The molecule has 0 saturated heterocycles. The number of amides is 1. The lowest BCUT2D eigenvalue weighted by Gasteiger charge is -2.13. The van der Waals surface area contributed by atoms with Gasteiger partial charge in [-0.15, -0.1) is 0 Å². The fourth-order valence-electron chi connectivity index (χ4n) is 2.35. The van der Waals surface area contributed by atoms with Gasteiger partial charge in [0.2, 0.25) is 5.91 Å². The molecule has 0 unspecified atom stereocenters. The lowest BCUT2D eigenvalue weighted by atomic mass is 10.0. The largest absolute Gasteiger partial charge is 0.322 e. The van der Waals surface area contributed by atoms with E-state index in [0.29, 0.717) is 0 Å². The van der Waals surface area contributed by atoms with Gasteiger partial charge in [-0.3, -0.25) is 4.79 Å². The molecule has 1 N–H and O–H groups in total. The molecular weight excluding hydrogens is 338 g/mol. The van der Waals surface area contributed by atoms with Crippen molar-refractivity contribution >= 4 is 33.6 Å². The molecular formula is C19H20BrNO. The number of carbonyl (C=O) groups is 1. The molecule has 0 aliphatic heterocycles. The molecule has 0 aromatic heterocycles. The van der Waals surface area contributed by atoms with Gasteiger partial charge in [-0.05, 0) is 47.7 Å². The van der Waals surface area contributed by atoms with Crippen molar-refractivity contribution in [2.45, 2.75) is 26.7 Å². The SMILES string of the molecule is CCc1cccc(CC)c1NC(=O)/C=C/c1cccc(Br)c1. The number of carbonyl (C=O) groups excluding carboxylic acids is 1. The van der Waals surface area contributed by atoms with Crippen molar-refractivity contribution in [2.24, 2.45) is 0 Å². The molecule has 0 aliphatic rings. The summed E-state index contributed by atoms with van der Waals surface area (Å²) in [6.07, 6.45) is 5.20. The first-order chi connectivity index (χ1) is 10.6. The Labute approximate surface area is 140 Å². The van der Waals surface area contributed by atoms with Crippen LogP contribution in [0.5, 0.6) is 0 Å². The molecule has 0 heterocycles. The second kappa shape index (κ2) is 7.95. The summed E-state index contributed by atoms with van der Waals surface area (Å²) in [6, 6.07) is 14.0. The van der Waals surface area contributed by atoms with Crippen molar-refractivity contribution in [1.82, 2.24) is 0 Å². The second-order valence-corrected chi connectivity index (χ2v) is 5.95. The summed E-state index contributed by atoms with van der Waals surface area (Å²) in [7, 11) is 0. The highest BCUT2D eigenvalue weighted by atomic mass is 79.9. The van der Waals surface area contributed by atoms with Gasteiger partial charge in [0.1, 0.15) is 0 Å². The van der Waals surface area contributed by atoms with Crippen LogP contribution in [-0.2, 0) is 17.6 Å². The van der Waals surface area contributed by atoms with Crippen molar-refractivity contribution in [3.63, 3.8) is 0 Å². The first kappa shape index (κ1) is 16.5. The van der Waals surface area contributed by atoms with Crippen molar-refractivity contribution in [1.29, 1.82) is 0 Å². The number of hydrogen-bond donors (Lipinski definition) is 1. The molecule has 0 fully saturated rings. The van der Waals surface area contributed by atoms with Crippen LogP contribution in [0.1, 0.15) is 30.5 Å². The highest BCUT2D eigenvalue weighted by Crippen LogP contribution is 2.22. The molecule has 22 heavy (non-hydrogen) atoms. The van der Waals surface area contributed by atoms with E-state index in [4.69, 9.17) is 0 Å². The van der Waals surface area contributed by atoms with Crippen LogP contribution in [0.25, 0.3) is 6.08 Å². The average Bonchev–Trinajstić information content (AvgIpc) is 2.53. The van der Waals surface area contributed by atoms with Crippen LogP contribution < -0.4 is 5.32 Å². The van der Waals surface area contributed by atoms with Crippen LogP contribution in [-0.4, -0.2) is 5.91 Å². The van der Waals surface area contributed by atoms with Crippen molar-refractivity contribution in [3.05, 3.63) is 69.7 Å². The summed E-state index contributed by atoms with van der Waals surface area (Å²) in [5.74, 6) is -0.101. The van der Waals surface area contributed by atoms with E-state index in [2.05, 4.69) is 47.2 Å². The first-order valence-corrected chi connectivity index (χ1v) is 8.28. The predicted octanol–water partition coefficient (Wildman–Crippen LogP) is 5.23. The van der Waals surface area contributed by atoms with Gasteiger partial charge >= 0.3 is 0 Å². The summed E-state index contributed by atoms with van der Waals surface area (Å²) < 4.78 is 1.000. The lowest BCUT2D eigenvalue weighted by molar-refractivity contribution is -0.111. The molecule has 2 aromatic rings. The van der Waals surface area contributed by atoms with E-state index in [-0.39, 0.29) is 5.91 Å². The van der Waals surface area contributed by atoms with Gasteiger partial charge in [0.25, 0.3) is 0 Å². The maximum Gasteiger partial charge on any atom is 0.248 e. The Morgan fingerprint density at radius 3 is 2.32 bits per heavy atom. The number of hydrogen-bond acceptors (Lipinski definition) is 1. The summed E-state index contributed by atoms with van der Waals surface area (Å²) >= 11 is 3.43.